The minimum atomic E-state index is -0.458. The molecule has 0 spiro atoms. The summed E-state index contributed by atoms with van der Waals surface area (Å²) in [4.78, 5) is 30.4. The van der Waals surface area contributed by atoms with Crippen molar-refractivity contribution in [3.63, 3.8) is 0 Å². The van der Waals surface area contributed by atoms with E-state index in [0.717, 1.165) is 0 Å². The van der Waals surface area contributed by atoms with Crippen LogP contribution in [0.2, 0.25) is 0 Å². The average Bonchev–Trinajstić information content (AvgIpc) is 2.39. The van der Waals surface area contributed by atoms with Crippen molar-refractivity contribution in [3.05, 3.63) is 54.1 Å². The van der Waals surface area contributed by atoms with Crippen LogP contribution in [0.15, 0.2) is 42.7 Å². The fraction of sp³-hybridized carbons (Fsp3) is 0.0769. The summed E-state index contributed by atoms with van der Waals surface area (Å²) < 4.78 is 4.78. The highest BCUT2D eigenvalue weighted by Crippen LogP contribution is 2.09. The number of carbonyl (C=O) groups is 2. The van der Waals surface area contributed by atoms with E-state index in [1.165, 1.54) is 19.3 Å². The Bertz CT molecular complexity index is 565. The Morgan fingerprint density at radius 3 is 2.22 bits per heavy atom. The van der Waals surface area contributed by atoms with Crippen LogP contribution >= 0.6 is 0 Å². The van der Waals surface area contributed by atoms with Gasteiger partial charge in [-0.1, -0.05) is 30.3 Å². The monoisotopic (exact) mass is 242 g/mol. The van der Waals surface area contributed by atoms with Crippen LogP contribution in [-0.4, -0.2) is 21.7 Å². The molecule has 1 heterocycles. The summed E-state index contributed by atoms with van der Waals surface area (Å²) in [5, 5.41) is 0. The second kappa shape index (κ2) is 5.18. The van der Waals surface area contributed by atoms with Gasteiger partial charge in [-0.05, 0) is 0 Å². The molecule has 18 heavy (non-hydrogen) atoms. The third-order valence-electron chi connectivity index (χ3n) is 2.13. The van der Waals surface area contributed by atoms with Crippen molar-refractivity contribution >= 4 is 11.8 Å². The second-order valence-electron chi connectivity index (χ2n) is 3.53. The lowest BCUT2D eigenvalue weighted by Crippen LogP contribution is -2.08. The zero-order valence-electron chi connectivity index (χ0n) is 9.66. The summed E-state index contributed by atoms with van der Waals surface area (Å²) >= 11 is 0. The Kier molecular flexibility index (Phi) is 3.43. The zero-order chi connectivity index (χ0) is 13.0. The molecule has 5 nitrogen and oxygen atoms in total. The highest BCUT2D eigenvalue weighted by Gasteiger charge is 2.11. The Hall–Kier alpha value is -2.56. The molecule has 0 bridgehead atoms. The van der Waals surface area contributed by atoms with E-state index in [1.54, 1.807) is 24.3 Å². The summed E-state index contributed by atoms with van der Waals surface area (Å²) in [5.74, 6) is -0.449. The molecule has 0 aliphatic carbocycles. The number of ether oxygens (including phenoxy) is 1. The van der Waals surface area contributed by atoms with Gasteiger partial charge >= 0.3 is 5.97 Å². The molecule has 2 aromatic rings. The van der Waals surface area contributed by atoms with E-state index in [-0.39, 0.29) is 17.4 Å². The Labute approximate surface area is 103 Å². The topological polar surface area (TPSA) is 69.2 Å². The van der Waals surface area contributed by atoms with E-state index in [1.807, 2.05) is 6.07 Å². The molecule has 90 valence electrons. The van der Waals surface area contributed by atoms with Crippen LogP contribution in [0, 0.1) is 0 Å². The normalized spacial score (nSPS) is 9.83. The quantitative estimate of drug-likeness (QED) is 0.604. The van der Waals surface area contributed by atoms with Gasteiger partial charge < -0.3 is 4.74 Å². The molecule has 0 N–H and O–H groups in total. The molecule has 2 rings (SSSR count). The van der Waals surface area contributed by atoms with Gasteiger partial charge in [-0.3, -0.25) is 9.59 Å². The van der Waals surface area contributed by atoms with Crippen molar-refractivity contribution in [1.29, 1.82) is 0 Å². The van der Waals surface area contributed by atoms with Gasteiger partial charge in [0.1, 0.15) is 0 Å². The molecule has 0 saturated carbocycles. The number of nitrogens with zero attached hydrogens (tertiary/aromatic N) is 2. The van der Waals surface area contributed by atoms with Gasteiger partial charge in [0.2, 0.25) is 11.6 Å². The van der Waals surface area contributed by atoms with Crippen LogP contribution in [0.25, 0.3) is 0 Å². The van der Waals surface area contributed by atoms with Crippen LogP contribution < -0.4 is 4.74 Å². The summed E-state index contributed by atoms with van der Waals surface area (Å²) in [6.07, 6.45) is 2.59. The number of hydrogen-bond acceptors (Lipinski definition) is 5. The summed E-state index contributed by atoms with van der Waals surface area (Å²) in [6.45, 7) is 1.28. The van der Waals surface area contributed by atoms with Crippen molar-refractivity contribution in [3.8, 4) is 5.75 Å². The SMILES string of the molecule is CC(=O)Oc1cnc(C(=O)c2ccccc2)nc1. The van der Waals surface area contributed by atoms with Crippen molar-refractivity contribution in [2.75, 3.05) is 0 Å². The van der Waals surface area contributed by atoms with Crippen LogP contribution in [0.4, 0.5) is 0 Å². The molecule has 0 fully saturated rings. The molecule has 0 radical (unpaired) electrons. The van der Waals surface area contributed by atoms with Crippen LogP contribution in [0.3, 0.4) is 0 Å². The first-order valence-electron chi connectivity index (χ1n) is 5.27. The van der Waals surface area contributed by atoms with Gasteiger partial charge in [-0.2, -0.15) is 0 Å². The van der Waals surface area contributed by atoms with E-state index >= 15 is 0 Å². The molecule has 0 atom stereocenters. The minimum absolute atomic E-state index is 0.0668. The van der Waals surface area contributed by atoms with Crippen molar-refractivity contribution in [2.45, 2.75) is 6.92 Å². The van der Waals surface area contributed by atoms with Gasteiger partial charge in [0.05, 0.1) is 12.4 Å². The van der Waals surface area contributed by atoms with Crippen molar-refractivity contribution < 1.29 is 14.3 Å². The highest BCUT2D eigenvalue weighted by atomic mass is 16.5. The lowest BCUT2D eigenvalue weighted by molar-refractivity contribution is -0.131. The van der Waals surface area contributed by atoms with E-state index in [0.29, 0.717) is 5.56 Å². The van der Waals surface area contributed by atoms with Crippen molar-refractivity contribution in [1.82, 2.24) is 9.97 Å². The second-order valence-corrected chi connectivity index (χ2v) is 3.53. The third-order valence-corrected chi connectivity index (χ3v) is 2.13. The van der Waals surface area contributed by atoms with Gasteiger partial charge in [0.25, 0.3) is 0 Å². The largest absolute Gasteiger partial charge is 0.423 e. The Morgan fingerprint density at radius 1 is 1.06 bits per heavy atom. The number of hydrogen-bond donors (Lipinski definition) is 0. The fourth-order valence-corrected chi connectivity index (χ4v) is 1.37. The number of rotatable bonds is 3. The summed E-state index contributed by atoms with van der Waals surface area (Å²) in [7, 11) is 0. The number of benzene rings is 1. The number of aromatic nitrogens is 2. The predicted molar refractivity (Wildman–Crippen MR) is 63.2 cm³/mol. The van der Waals surface area contributed by atoms with Gasteiger partial charge in [0.15, 0.2) is 5.75 Å². The standard InChI is InChI=1S/C13H10N2O3/c1-9(16)18-11-7-14-13(15-8-11)12(17)10-5-3-2-4-6-10/h2-8H,1H3. The Morgan fingerprint density at radius 2 is 1.67 bits per heavy atom. The molecule has 1 aromatic carbocycles. The lowest BCUT2D eigenvalue weighted by Gasteiger charge is -2.01. The van der Waals surface area contributed by atoms with E-state index in [4.69, 9.17) is 4.74 Å². The smallest absolute Gasteiger partial charge is 0.308 e. The first-order chi connectivity index (χ1) is 8.66. The lowest BCUT2D eigenvalue weighted by atomic mass is 10.1. The first-order valence-corrected chi connectivity index (χ1v) is 5.27. The molecule has 0 amide bonds. The Balaban J connectivity index is 2.20. The first kappa shape index (κ1) is 11.9. The van der Waals surface area contributed by atoms with Gasteiger partial charge in [0, 0.05) is 12.5 Å². The van der Waals surface area contributed by atoms with E-state index in [2.05, 4.69) is 9.97 Å². The van der Waals surface area contributed by atoms with E-state index in [9.17, 15) is 9.59 Å². The maximum absolute atomic E-state index is 11.9. The molecule has 1 aromatic heterocycles. The number of ketones is 1. The molecule has 0 aliphatic rings. The molecular weight excluding hydrogens is 232 g/mol. The van der Waals surface area contributed by atoms with Gasteiger partial charge in [-0.25, -0.2) is 9.97 Å². The third kappa shape index (κ3) is 2.76. The maximum atomic E-state index is 11.9. The van der Waals surface area contributed by atoms with Crippen molar-refractivity contribution in [2.24, 2.45) is 0 Å². The summed E-state index contributed by atoms with van der Waals surface area (Å²) in [5.41, 5.74) is 0.512. The molecule has 0 unspecified atom stereocenters. The van der Waals surface area contributed by atoms with Crippen LogP contribution in [-0.2, 0) is 4.79 Å². The molecule has 0 aliphatic heterocycles. The minimum Gasteiger partial charge on any atom is -0.423 e. The average molecular weight is 242 g/mol. The van der Waals surface area contributed by atoms with Crippen LogP contribution in [0.1, 0.15) is 23.1 Å². The van der Waals surface area contributed by atoms with Gasteiger partial charge in [-0.15, -0.1) is 0 Å². The molecule has 5 heteroatoms. The maximum Gasteiger partial charge on any atom is 0.308 e. The van der Waals surface area contributed by atoms with Crippen LogP contribution in [0.5, 0.6) is 5.75 Å². The number of carbonyl (C=O) groups excluding carboxylic acids is 2. The molecular formula is C13H10N2O3. The zero-order valence-corrected chi connectivity index (χ0v) is 9.66. The van der Waals surface area contributed by atoms with E-state index < -0.39 is 5.97 Å². The number of esters is 1. The highest BCUT2D eigenvalue weighted by molar-refractivity contribution is 6.06. The molecule has 0 saturated heterocycles. The predicted octanol–water partition coefficient (Wildman–Crippen LogP) is 1.63. The summed E-state index contributed by atoms with van der Waals surface area (Å²) in [6, 6.07) is 8.72. The fourth-order valence-electron chi connectivity index (χ4n) is 1.37.